The first kappa shape index (κ1) is 11.4. The highest BCUT2D eigenvalue weighted by atomic mass is 32.2. The topological polar surface area (TPSA) is 116 Å². The first-order valence-electron chi connectivity index (χ1n) is 4.03. The SMILES string of the molecule is NC(=O)COCC1CN(S(N)(=O)=O)C1. The third kappa shape index (κ3) is 3.22. The predicted molar refractivity (Wildman–Crippen MR) is 48.2 cm³/mol. The number of carbonyl (C=O) groups is 1. The molecule has 1 amide bonds. The van der Waals surface area contributed by atoms with Crippen LogP contribution in [0.25, 0.3) is 0 Å². The Bertz CT molecular complexity index is 309. The Hall–Kier alpha value is -0.700. The molecule has 0 atom stereocenters. The molecule has 0 saturated carbocycles. The third-order valence-corrected chi connectivity index (χ3v) is 2.90. The van der Waals surface area contributed by atoms with Crippen molar-refractivity contribution in [3.63, 3.8) is 0 Å². The lowest BCUT2D eigenvalue weighted by Crippen LogP contribution is -2.53. The first-order chi connectivity index (χ1) is 6.39. The fourth-order valence-corrected chi connectivity index (χ4v) is 2.00. The van der Waals surface area contributed by atoms with Crippen LogP contribution in [-0.2, 0) is 19.7 Å². The van der Waals surface area contributed by atoms with E-state index in [0.29, 0.717) is 19.7 Å². The zero-order valence-corrected chi connectivity index (χ0v) is 8.37. The van der Waals surface area contributed by atoms with E-state index in [2.05, 4.69) is 0 Å². The second-order valence-electron chi connectivity index (χ2n) is 3.21. The molecule has 0 aromatic rings. The molecule has 0 bridgehead atoms. The lowest BCUT2D eigenvalue weighted by Gasteiger charge is -2.36. The lowest BCUT2D eigenvalue weighted by atomic mass is 10.1. The van der Waals surface area contributed by atoms with E-state index in [9.17, 15) is 13.2 Å². The van der Waals surface area contributed by atoms with Crippen molar-refractivity contribution >= 4 is 16.1 Å². The molecule has 1 saturated heterocycles. The van der Waals surface area contributed by atoms with Crippen molar-refractivity contribution in [3.8, 4) is 0 Å². The number of primary amides is 1. The standard InChI is InChI=1S/C6H13N3O4S/c7-6(10)4-13-3-5-1-9(2-5)14(8,11)12/h5H,1-4H2,(H2,7,10)(H2,8,11,12). The van der Waals surface area contributed by atoms with Crippen molar-refractivity contribution in [2.45, 2.75) is 0 Å². The van der Waals surface area contributed by atoms with Gasteiger partial charge in [0.25, 0.3) is 10.2 Å². The van der Waals surface area contributed by atoms with E-state index in [1.54, 1.807) is 0 Å². The largest absolute Gasteiger partial charge is 0.371 e. The second kappa shape index (κ2) is 4.22. The van der Waals surface area contributed by atoms with Crippen LogP contribution in [0.2, 0.25) is 0 Å². The van der Waals surface area contributed by atoms with E-state index >= 15 is 0 Å². The Morgan fingerprint density at radius 1 is 1.50 bits per heavy atom. The third-order valence-electron chi connectivity index (χ3n) is 1.88. The minimum atomic E-state index is -3.55. The number of nitrogens with two attached hydrogens (primary N) is 2. The molecule has 1 fully saturated rings. The molecule has 8 heteroatoms. The molecule has 1 heterocycles. The van der Waals surface area contributed by atoms with Crippen molar-refractivity contribution in [2.24, 2.45) is 16.8 Å². The molecule has 1 aliphatic heterocycles. The average Bonchev–Trinajstić information content (AvgIpc) is 1.90. The van der Waals surface area contributed by atoms with Crippen molar-refractivity contribution in [1.82, 2.24) is 4.31 Å². The van der Waals surface area contributed by atoms with E-state index in [-0.39, 0.29) is 12.5 Å². The Morgan fingerprint density at radius 2 is 2.07 bits per heavy atom. The van der Waals surface area contributed by atoms with Crippen LogP contribution in [0.4, 0.5) is 0 Å². The number of hydrogen-bond donors (Lipinski definition) is 2. The monoisotopic (exact) mass is 223 g/mol. The average molecular weight is 223 g/mol. The lowest BCUT2D eigenvalue weighted by molar-refractivity contribution is -0.123. The van der Waals surface area contributed by atoms with Crippen molar-refractivity contribution < 1.29 is 17.9 Å². The molecule has 7 nitrogen and oxygen atoms in total. The number of hydrogen-bond acceptors (Lipinski definition) is 4. The van der Waals surface area contributed by atoms with E-state index < -0.39 is 16.1 Å². The predicted octanol–water partition coefficient (Wildman–Crippen LogP) is -2.38. The van der Waals surface area contributed by atoms with Gasteiger partial charge in [0.1, 0.15) is 6.61 Å². The minimum absolute atomic E-state index is 0.104. The van der Waals surface area contributed by atoms with Crippen molar-refractivity contribution in [1.29, 1.82) is 0 Å². The summed E-state index contributed by atoms with van der Waals surface area (Å²) < 4.78 is 27.5. The van der Waals surface area contributed by atoms with Crippen molar-refractivity contribution in [3.05, 3.63) is 0 Å². The summed E-state index contributed by atoms with van der Waals surface area (Å²) in [5.74, 6) is -0.430. The molecule has 1 rings (SSSR count). The van der Waals surface area contributed by atoms with Gasteiger partial charge in [0.2, 0.25) is 5.91 Å². The second-order valence-corrected chi connectivity index (χ2v) is 4.76. The van der Waals surface area contributed by atoms with Gasteiger partial charge in [-0.15, -0.1) is 0 Å². The molecule has 0 unspecified atom stereocenters. The van der Waals surface area contributed by atoms with Crippen LogP contribution >= 0.6 is 0 Å². The maximum Gasteiger partial charge on any atom is 0.276 e. The molecule has 0 aromatic carbocycles. The van der Waals surface area contributed by atoms with Crippen LogP contribution in [0.3, 0.4) is 0 Å². The molecule has 1 aliphatic rings. The molecule has 14 heavy (non-hydrogen) atoms. The van der Waals surface area contributed by atoms with Gasteiger partial charge in [-0.05, 0) is 0 Å². The quantitative estimate of drug-likeness (QED) is 0.541. The van der Waals surface area contributed by atoms with Gasteiger partial charge in [-0.25, -0.2) is 5.14 Å². The maximum absolute atomic E-state index is 10.7. The maximum atomic E-state index is 10.7. The van der Waals surface area contributed by atoms with Crippen LogP contribution in [0.5, 0.6) is 0 Å². The molecule has 0 spiro atoms. The first-order valence-corrected chi connectivity index (χ1v) is 5.54. The van der Waals surface area contributed by atoms with E-state index in [4.69, 9.17) is 15.6 Å². The summed E-state index contributed by atoms with van der Waals surface area (Å²) in [6, 6.07) is 0. The zero-order chi connectivity index (χ0) is 10.8. The van der Waals surface area contributed by atoms with Gasteiger partial charge >= 0.3 is 0 Å². The number of amides is 1. The molecular weight excluding hydrogens is 210 g/mol. The van der Waals surface area contributed by atoms with Crippen LogP contribution < -0.4 is 10.9 Å². The highest BCUT2D eigenvalue weighted by molar-refractivity contribution is 7.86. The van der Waals surface area contributed by atoms with Gasteiger partial charge in [-0.1, -0.05) is 0 Å². The fraction of sp³-hybridized carbons (Fsp3) is 0.833. The van der Waals surface area contributed by atoms with Gasteiger partial charge < -0.3 is 10.5 Å². The number of nitrogens with zero attached hydrogens (tertiary/aromatic N) is 1. The van der Waals surface area contributed by atoms with Gasteiger partial charge in [-0.3, -0.25) is 4.79 Å². The van der Waals surface area contributed by atoms with Crippen LogP contribution in [-0.4, -0.2) is 44.9 Å². The summed E-state index contributed by atoms with van der Waals surface area (Å²) in [7, 11) is -3.55. The smallest absolute Gasteiger partial charge is 0.276 e. The number of rotatable bonds is 5. The van der Waals surface area contributed by atoms with E-state index in [0.717, 1.165) is 4.31 Å². The van der Waals surface area contributed by atoms with Crippen LogP contribution in [0.15, 0.2) is 0 Å². The van der Waals surface area contributed by atoms with Crippen LogP contribution in [0, 0.1) is 5.92 Å². The van der Waals surface area contributed by atoms with Gasteiger partial charge in [-0.2, -0.15) is 12.7 Å². The zero-order valence-electron chi connectivity index (χ0n) is 7.55. The molecule has 4 N–H and O–H groups in total. The highest BCUT2D eigenvalue weighted by Gasteiger charge is 2.33. The van der Waals surface area contributed by atoms with Crippen molar-refractivity contribution in [2.75, 3.05) is 26.3 Å². The molecule has 0 aliphatic carbocycles. The summed E-state index contributed by atoms with van der Waals surface area (Å²) in [5.41, 5.74) is 4.84. The van der Waals surface area contributed by atoms with Gasteiger partial charge in [0.05, 0.1) is 6.61 Å². The van der Waals surface area contributed by atoms with Crippen LogP contribution in [0.1, 0.15) is 0 Å². The molecule has 82 valence electrons. The Morgan fingerprint density at radius 3 is 2.50 bits per heavy atom. The van der Waals surface area contributed by atoms with Gasteiger partial charge in [0, 0.05) is 19.0 Å². The van der Waals surface area contributed by atoms with E-state index in [1.807, 2.05) is 0 Å². The number of ether oxygens (including phenoxy) is 1. The fourth-order valence-electron chi connectivity index (χ4n) is 1.16. The Kier molecular flexibility index (Phi) is 3.43. The van der Waals surface area contributed by atoms with Gasteiger partial charge in [0.15, 0.2) is 0 Å². The normalized spacial score (nSPS) is 19.2. The minimum Gasteiger partial charge on any atom is -0.371 e. The summed E-state index contributed by atoms with van der Waals surface area (Å²) >= 11 is 0. The summed E-state index contributed by atoms with van der Waals surface area (Å²) in [5, 5.41) is 4.86. The molecule has 0 radical (unpaired) electrons. The van der Waals surface area contributed by atoms with E-state index in [1.165, 1.54) is 0 Å². The summed E-state index contributed by atoms with van der Waals surface area (Å²) in [6.45, 7) is 0.885. The Balaban J connectivity index is 2.14. The summed E-state index contributed by atoms with van der Waals surface area (Å²) in [4.78, 5) is 10.3. The summed E-state index contributed by atoms with van der Waals surface area (Å²) in [6.07, 6.45) is 0. The molecule has 0 aromatic heterocycles. The Labute approximate surface area is 82.2 Å². The molecular formula is C6H13N3O4S. The highest BCUT2D eigenvalue weighted by Crippen LogP contribution is 2.17. The number of carbonyl (C=O) groups excluding carboxylic acids is 1.